The number of phenolic OH excluding ortho intramolecular Hbond substituents is 1. The SMILES string of the molecule is Cc1cc(C(=O)N2Cc3cccc(NC(=O)/C=C/CN(C)C)c3C2)ccc1O. The van der Waals surface area contributed by atoms with Crippen molar-refractivity contribution in [2.24, 2.45) is 0 Å². The summed E-state index contributed by atoms with van der Waals surface area (Å²) in [4.78, 5) is 28.8. The van der Waals surface area contributed by atoms with E-state index in [1.807, 2.05) is 43.3 Å². The standard InChI is InChI=1S/C22H25N3O3/c1-15-12-16(9-10-20(15)26)22(28)25-13-17-6-4-7-19(18(17)14-25)23-21(27)8-5-11-24(2)3/h4-10,12,26H,11,13-14H2,1-3H3,(H,23,27)/b8-5+. The molecule has 0 aromatic heterocycles. The highest BCUT2D eigenvalue weighted by atomic mass is 16.3. The first-order valence-corrected chi connectivity index (χ1v) is 9.17. The molecule has 0 spiro atoms. The van der Waals surface area contributed by atoms with E-state index in [0.29, 0.717) is 30.8 Å². The van der Waals surface area contributed by atoms with Gasteiger partial charge >= 0.3 is 0 Å². The van der Waals surface area contributed by atoms with Crippen LogP contribution in [0.1, 0.15) is 27.0 Å². The number of carbonyl (C=O) groups is 2. The largest absolute Gasteiger partial charge is 0.508 e. The van der Waals surface area contributed by atoms with Crippen LogP contribution in [0.15, 0.2) is 48.6 Å². The lowest BCUT2D eigenvalue weighted by Crippen LogP contribution is -2.25. The number of aromatic hydroxyl groups is 1. The number of nitrogens with zero attached hydrogens (tertiary/aromatic N) is 2. The van der Waals surface area contributed by atoms with Gasteiger partial charge in [-0.15, -0.1) is 0 Å². The number of hydrogen-bond acceptors (Lipinski definition) is 4. The molecule has 28 heavy (non-hydrogen) atoms. The molecule has 6 nitrogen and oxygen atoms in total. The molecule has 0 aliphatic carbocycles. The highest BCUT2D eigenvalue weighted by Crippen LogP contribution is 2.31. The third kappa shape index (κ3) is 4.40. The lowest BCUT2D eigenvalue weighted by Gasteiger charge is -2.16. The zero-order chi connectivity index (χ0) is 20.3. The summed E-state index contributed by atoms with van der Waals surface area (Å²) in [5, 5.41) is 12.6. The van der Waals surface area contributed by atoms with E-state index in [4.69, 9.17) is 0 Å². The summed E-state index contributed by atoms with van der Waals surface area (Å²) in [5.41, 5.74) is 3.93. The molecule has 0 fully saturated rings. The Morgan fingerprint density at radius 3 is 2.71 bits per heavy atom. The maximum Gasteiger partial charge on any atom is 0.254 e. The Hall–Kier alpha value is -3.12. The Balaban J connectivity index is 1.73. The van der Waals surface area contributed by atoms with Crippen molar-refractivity contribution in [3.8, 4) is 5.75 Å². The van der Waals surface area contributed by atoms with Crippen LogP contribution < -0.4 is 5.32 Å². The molecule has 0 saturated carbocycles. The van der Waals surface area contributed by atoms with Crippen LogP contribution in [0, 0.1) is 6.92 Å². The molecule has 0 saturated heterocycles. The van der Waals surface area contributed by atoms with Crippen LogP contribution in [0.4, 0.5) is 5.69 Å². The molecule has 6 heteroatoms. The van der Waals surface area contributed by atoms with Crippen LogP contribution in [0.25, 0.3) is 0 Å². The Morgan fingerprint density at radius 2 is 2.00 bits per heavy atom. The lowest BCUT2D eigenvalue weighted by atomic mass is 10.1. The fraction of sp³-hybridized carbons (Fsp3) is 0.273. The number of amides is 2. The molecule has 2 amide bonds. The molecule has 1 aliphatic heterocycles. The highest BCUT2D eigenvalue weighted by molar-refractivity contribution is 6.00. The Morgan fingerprint density at radius 1 is 1.21 bits per heavy atom. The summed E-state index contributed by atoms with van der Waals surface area (Å²) >= 11 is 0. The molecule has 0 unspecified atom stereocenters. The van der Waals surface area contributed by atoms with E-state index < -0.39 is 0 Å². The minimum atomic E-state index is -0.186. The van der Waals surface area contributed by atoms with Gasteiger partial charge in [0.15, 0.2) is 0 Å². The van der Waals surface area contributed by atoms with Crippen molar-refractivity contribution < 1.29 is 14.7 Å². The maximum atomic E-state index is 12.9. The van der Waals surface area contributed by atoms with E-state index in [0.717, 1.165) is 16.8 Å². The number of fused-ring (bicyclic) bond motifs is 1. The second kappa shape index (κ2) is 8.27. The van der Waals surface area contributed by atoms with Gasteiger partial charge in [0, 0.05) is 42.5 Å². The van der Waals surface area contributed by atoms with E-state index >= 15 is 0 Å². The van der Waals surface area contributed by atoms with E-state index in [1.54, 1.807) is 24.0 Å². The summed E-state index contributed by atoms with van der Waals surface area (Å²) in [7, 11) is 3.88. The number of nitrogens with one attached hydrogen (secondary N) is 1. The summed E-state index contributed by atoms with van der Waals surface area (Å²) in [6.07, 6.45) is 3.33. The van der Waals surface area contributed by atoms with Crippen LogP contribution in [-0.4, -0.2) is 47.4 Å². The molecule has 3 rings (SSSR count). The molecule has 0 bridgehead atoms. The van der Waals surface area contributed by atoms with E-state index in [-0.39, 0.29) is 17.6 Å². The van der Waals surface area contributed by atoms with Crippen LogP contribution in [0.3, 0.4) is 0 Å². The van der Waals surface area contributed by atoms with Crippen molar-refractivity contribution in [3.05, 3.63) is 70.8 Å². The molecule has 2 aromatic rings. The van der Waals surface area contributed by atoms with Gasteiger partial charge in [0.25, 0.3) is 5.91 Å². The highest BCUT2D eigenvalue weighted by Gasteiger charge is 2.26. The molecular weight excluding hydrogens is 354 g/mol. The molecule has 1 heterocycles. The van der Waals surface area contributed by atoms with E-state index in [2.05, 4.69) is 5.32 Å². The quantitative estimate of drug-likeness (QED) is 0.784. The second-order valence-electron chi connectivity index (χ2n) is 7.26. The van der Waals surface area contributed by atoms with Crippen LogP contribution in [-0.2, 0) is 17.9 Å². The van der Waals surface area contributed by atoms with Crippen molar-refractivity contribution in [3.63, 3.8) is 0 Å². The number of aryl methyl sites for hydroxylation is 1. The molecule has 0 atom stereocenters. The van der Waals surface area contributed by atoms with E-state index in [9.17, 15) is 14.7 Å². The first-order valence-electron chi connectivity index (χ1n) is 9.17. The first kappa shape index (κ1) is 19.6. The van der Waals surface area contributed by atoms with Crippen LogP contribution in [0.5, 0.6) is 5.75 Å². The van der Waals surface area contributed by atoms with Gasteiger partial charge in [-0.25, -0.2) is 0 Å². The number of rotatable bonds is 5. The maximum absolute atomic E-state index is 12.9. The average molecular weight is 379 g/mol. The minimum absolute atomic E-state index is 0.0949. The third-order valence-corrected chi connectivity index (χ3v) is 4.71. The predicted molar refractivity (Wildman–Crippen MR) is 109 cm³/mol. The van der Waals surface area contributed by atoms with Crippen LogP contribution in [0.2, 0.25) is 0 Å². The monoisotopic (exact) mass is 379 g/mol. The molecule has 146 valence electrons. The van der Waals surface area contributed by atoms with Gasteiger partial charge in [-0.05, 0) is 56.4 Å². The van der Waals surface area contributed by atoms with Gasteiger partial charge in [0.2, 0.25) is 5.91 Å². The Kier molecular flexibility index (Phi) is 5.80. The number of carbonyl (C=O) groups excluding carboxylic acids is 2. The van der Waals surface area contributed by atoms with Crippen molar-refractivity contribution in [1.82, 2.24) is 9.80 Å². The molecule has 1 aliphatic rings. The lowest BCUT2D eigenvalue weighted by molar-refractivity contribution is -0.111. The average Bonchev–Trinajstić information content (AvgIpc) is 3.08. The summed E-state index contributed by atoms with van der Waals surface area (Å²) in [6, 6.07) is 10.6. The normalized spacial score (nSPS) is 13.2. The number of anilines is 1. The third-order valence-electron chi connectivity index (χ3n) is 4.71. The van der Waals surface area contributed by atoms with E-state index in [1.165, 1.54) is 12.1 Å². The van der Waals surface area contributed by atoms with Gasteiger partial charge in [0.1, 0.15) is 5.75 Å². The first-order chi connectivity index (χ1) is 13.3. The second-order valence-corrected chi connectivity index (χ2v) is 7.26. The Labute approximate surface area is 165 Å². The van der Waals surface area contributed by atoms with Gasteiger partial charge in [-0.1, -0.05) is 18.2 Å². The Bertz CT molecular complexity index is 935. The van der Waals surface area contributed by atoms with Crippen molar-refractivity contribution in [2.45, 2.75) is 20.0 Å². The fourth-order valence-electron chi connectivity index (χ4n) is 3.20. The number of phenols is 1. The zero-order valence-electron chi connectivity index (χ0n) is 16.4. The van der Waals surface area contributed by atoms with Gasteiger partial charge in [0.05, 0.1) is 0 Å². The molecule has 0 radical (unpaired) electrons. The fourth-order valence-corrected chi connectivity index (χ4v) is 3.20. The number of benzene rings is 2. The van der Waals surface area contributed by atoms with Crippen molar-refractivity contribution >= 4 is 17.5 Å². The van der Waals surface area contributed by atoms with Gasteiger partial charge < -0.3 is 20.2 Å². The van der Waals surface area contributed by atoms with Gasteiger partial charge in [-0.3, -0.25) is 9.59 Å². The smallest absolute Gasteiger partial charge is 0.254 e. The number of hydrogen-bond donors (Lipinski definition) is 2. The topological polar surface area (TPSA) is 72.9 Å². The summed E-state index contributed by atoms with van der Waals surface area (Å²) < 4.78 is 0. The van der Waals surface area contributed by atoms with Crippen LogP contribution >= 0.6 is 0 Å². The predicted octanol–water partition coefficient (Wildman–Crippen LogP) is 2.91. The molecular formula is C22H25N3O3. The van der Waals surface area contributed by atoms with Gasteiger partial charge in [-0.2, -0.15) is 0 Å². The summed E-state index contributed by atoms with van der Waals surface area (Å²) in [6.45, 7) is 3.39. The number of likely N-dealkylation sites (N-methyl/N-ethyl adjacent to an activating group) is 1. The summed E-state index contributed by atoms with van der Waals surface area (Å²) in [5.74, 6) is -0.106. The van der Waals surface area contributed by atoms with Crippen molar-refractivity contribution in [2.75, 3.05) is 26.0 Å². The molecule has 2 aromatic carbocycles. The zero-order valence-corrected chi connectivity index (χ0v) is 16.4. The molecule has 2 N–H and O–H groups in total. The minimum Gasteiger partial charge on any atom is -0.508 e. The van der Waals surface area contributed by atoms with Crippen molar-refractivity contribution in [1.29, 1.82) is 0 Å².